The van der Waals surface area contributed by atoms with Gasteiger partial charge in [-0.05, 0) is 48.6 Å². The molecular weight excluding hydrogens is 384 g/mol. The predicted octanol–water partition coefficient (Wildman–Crippen LogP) is 4.19. The fourth-order valence-corrected chi connectivity index (χ4v) is 6.02. The first-order chi connectivity index (χ1) is 14.0. The number of aromatic nitrogens is 2. The van der Waals surface area contributed by atoms with Crippen LogP contribution in [0.4, 0.5) is 0 Å². The molecule has 1 aliphatic carbocycles. The molecule has 29 heavy (non-hydrogen) atoms. The van der Waals surface area contributed by atoms with Crippen LogP contribution in [0, 0.1) is 0 Å². The number of aryl methyl sites for hydroxylation is 2. The van der Waals surface area contributed by atoms with Gasteiger partial charge in [-0.15, -0.1) is 0 Å². The maximum absolute atomic E-state index is 13.8. The highest BCUT2D eigenvalue weighted by Gasteiger charge is 2.29. The topological polar surface area (TPSA) is 61.1 Å². The molecule has 0 spiro atoms. The fraction of sp³-hybridized carbons (Fsp3) is 0.174. The van der Waals surface area contributed by atoms with Gasteiger partial charge >= 0.3 is 0 Å². The molecule has 5 rings (SSSR count). The van der Waals surface area contributed by atoms with Gasteiger partial charge in [-0.25, -0.2) is 12.4 Å². The first kappa shape index (κ1) is 17.9. The molecule has 6 heteroatoms. The molecule has 0 atom stereocenters. The van der Waals surface area contributed by atoms with Crippen LogP contribution in [0.15, 0.2) is 65.8 Å². The summed E-state index contributed by atoms with van der Waals surface area (Å²) in [5.74, 6) is 0. The number of hydrogen-bond acceptors (Lipinski definition) is 3. The van der Waals surface area contributed by atoms with Gasteiger partial charge in [0.05, 0.1) is 10.6 Å². The third-order valence-electron chi connectivity index (χ3n) is 5.81. The summed E-state index contributed by atoms with van der Waals surface area (Å²) in [6, 6.07) is 15.0. The SMILES string of the molecule is Cn1ccc2c(S(=O)(=O)n3cc(C=O)c4c3-c3ccccc3CCC4)cccc21. The molecule has 2 aromatic carbocycles. The summed E-state index contributed by atoms with van der Waals surface area (Å²) < 4.78 is 30.9. The summed E-state index contributed by atoms with van der Waals surface area (Å²) in [4.78, 5) is 12.0. The molecule has 0 bridgehead atoms. The molecule has 1 aliphatic rings. The van der Waals surface area contributed by atoms with E-state index in [-0.39, 0.29) is 4.90 Å². The second kappa shape index (κ2) is 6.46. The van der Waals surface area contributed by atoms with Crippen LogP contribution in [0.2, 0.25) is 0 Å². The minimum Gasteiger partial charge on any atom is -0.351 e. The highest BCUT2D eigenvalue weighted by molar-refractivity contribution is 7.90. The zero-order valence-electron chi connectivity index (χ0n) is 16.0. The molecule has 4 aromatic rings. The zero-order chi connectivity index (χ0) is 20.2. The van der Waals surface area contributed by atoms with E-state index in [4.69, 9.17) is 0 Å². The van der Waals surface area contributed by atoms with E-state index in [9.17, 15) is 13.2 Å². The molecule has 0 fully saturated rings. The Labute approximate surface area is 169 Å². The lowest BCUT2D eigenvalue weighted by atomic mass is 10.0. The molecule has 0 radical (unpaired) electrons. The Hall–Kier alpha value is -3.12. The molecule has 2 aromatic heterocycles. The highest BCUT2D eigenvalue weighted by atomic mass is 32.2. The summed E-state index contributed by atoms with van der Waals surface area (Å²) in [5.41, 5.74) is 4.72. The minimum absolute atomic E-state index is 0.243. The summed E-state index contributed by atoms with van der Waals surface area (Å²) in [6.07, 6.45) is 6.52. The summed E-state index contributed by atoms with van der Waals surface area (Å²) in [5, 5.41) is 0.673. The Kier molecular flexibility index (Phi) is 3.99. The van der Waals surface area contributed by atoms with Gasteiger partial charge in [0.2, 0.25) is 0 Å². The Balaban J connectivity index is 1.84. The van der Waals surface area contributed by atoms with Gasteiger partial charge in [-0.1, -0.05) is 30.3 Å². The zero-order valence-corrected chi connectivity index (χ0v) is 16.8. The molecule has 0 aliphatic heterocycles. The van der Waals surface area contributed by atoms with Crippen molar-refractivity contribution >= 4 is 27.2 Å². The van der Waals surface area contributed by atoms with Gasteiger partial charge in [-0.3, -0.25) is 4.79 Å². The predicted molar refractivity (Wildman–Crippen MR) is 113 cm³/mol. The van der Waals surface area contributed by atoms with E-state index in [0.717, 1.165) is 41.3 Å². The van der Waals surface area contributed by atoms with Crippen molar-refractivity contribution in [3.8, 4) is 11.3 Å². The average Bonchev–Trinajstić information content (AvgIpc) is 3.23. The quantitative estimate of drug-likeness (QED) is 0.481. The Bertz CT molecular complexity index is 1380. The molecule has 2 heterocycles. The summed E-state index contributed by atoms with van der Waals surface area (Å²) >= 11 is 0. The maximum Gasteiger partial charge on any atom is 0.268 e. The van der Waals surface area contributed by atoms with Crippen molar-refractivity contribution in [3.05, 3.63) is 77.6 Å². The number of fused-ring (bicyclic) bond motifs is 4. The van der Waals surface area contributed by atoms with Gasteiger partial charge in [0.15, 0.2) is 6.29 Å². The van der Waals surface area contributed by atoms with Crippen molar-refractivity contribution in [3.63, 3.8) is 0 Å². The van der Waals surface area contributed by atoms with Crippen LogP contribution in [0.25, 0.3) is 22.2 Å². The Morgan fingerprint density at radius 2 is 1.83 bits per heavy atom. The molecule has 0 N–H and O–H groups in total. The van der Waals surface area contributed by atoms with Crippen LogP contribution in [-0.4, -0.2) is 23.2 Å². The third kappa shape index (κ3) is 2.59. The van der Waals surface area contributed by atoms with Gasteiger partial charge in [0.25, 0.3) is 10.0 Å². The van der Waals surface area contributed by atoms with E-state index in [1.807, 2.05) is 54.2 Å². The smallest absolute Gasteiger partial charge is 0.268 e. The van der Waals surface area contributed by atoms with Crippen molar-refractivity contribution in [1.82, 2.24) is 8.54 Å². The van der Waals surface area contributed by atoms with E-state index in [0.29, 0.717) is 23.1 Å². The average molecular weight is 404 g/mol. The molecule has 146 valence electrons. The third-order valence-corrected chi connectivity index (χ3v) is 7.53. The molecule has 5 nitrogen and oxygen atoms in total. The number of carbonyl (C=O) groups is 1. The van der Waals surface area contributed by atoms with Crippen molar-refractivity contribution in [2.75, 3.05) is 0 Å². The van der Waals surface area contributed by atoms with Crippen LogP contribution in [0.1, 0.15) is 27.9 Å². The molecule has 0 saturated carbocycles. The normalized spacial score (nSPS) is 13.7. The lowest BCUT2D eigenvalue weighted by Gasteiger charge is -2.14. The molecule has 0 saturated heterocycles. The molecular formula is C23H20N2O3S. The van der Waals surface area contributed by atoms with Gasteiger partial charge < -0.3 is 4.57 Å². The first-order valence-electron chi connectivity index (χ1n) is 9.59. The number of benzene rings is 2. The molecule has 0 amide bonds. The first-order valence-corrected chi connectivity index (χ1v) is 11.0. The van der Waals surface area contributed by atoms with Crippen molar-refractivity contribution in [2.24, 2.45) is 7.05 Å². The lowest BCUT2D eigenvalue weighted by Crippen LogP contribution is -2.14. The standard InChI is InChI=1S/C23H20N2O3S/c1-24-13-12-20-21(24)10-5-11-22(20)29(27,28)25-14-17(15-26)19-9-4-7-16-6-2-3-8-18(16)23(19)25/h2-3,5-6,8,10-15H,4,7,9H2,1H3. The number of carbonyl (C=O) groups excluding carboxylic acids is 1. The van der Waals surface area contributed by atoms with Gasteiger partial charge in [0.1, 0.15) is 0 Å². The fourth-order valence-electron chi connectivity index (χ4n) is 4.40. The summed E-state index contributed by atoms with van der Waals surface area (Å²) in [7, 11) is -2.01. The Morgan fingerprint density at radius 3 is 2.66 bits per heavy atom. The monoisotopic (exact) mass is 404 g/mol. The van der Waals surface area contributed by atoms with Gasteiger partial charge in [0, 0.05) is 41.5 Å². The number of aldehydes is 1. The number of rotatable bonds is 3. The van der Waals surface area contributed by atoms with E-state index in [2.05, 4.69) is 0 Å². The largest absolute Gasteiger partial charge is 0.351 e. The number of nitrogens with zero attached hydrogens (tertiary/aromatic N) is 2. The van der Waals surface area contributed by atoms with Crippen LogP contribution >= 0.6 is 0 Å². The highest BCUT2D eigenvalue weighted by Crippen LogP contribution is 2.38. The minimum atomic E-state index is -3.90. The lowest BCUT2D eigenvalue weighted by molar-refractivity contribution is 0.112. The molecule has 0 unspecified atom stereocenters. The van der Waals surface area contributed by atoms with Crippen LogP contribution < -0.4 is 0 Å². The van der Waals surface area contributed by atoms with E-state index in [1.165, 1.54) is 10.2 Å². The van der Waals surface area contributed by atoms with Crippen molar-refractivity contribution in [1.29, 1.82) is 0 Å². The summed E-state index contributed by atoms with van der Waals surface area (Å²) in [6.45, 7) is 0. The van der Waals surface area contributed by atoms with Crippen molar-refractivity contribution < 1.29 is 13.2 Å². The van der Waals surface area contributed by atoms with Crippen molar-refractivity contribution in [2.45, 2.75) is 24.2 Å². The van der Waals surface area contributed by atoms with E-state index in [1.54, 1.807) is 12.1 Å². The second-order valence-electron chi connectivity index (χ2n) is 7.46. The van der Waals surface area contributed by atoms with E-state index >= 15 is 0 Å². The van der Waals surface area contributed by atoms with Crippen LogP contribution in [0.3, 0.4) is 0 Å². The van der Waals surface area contributed by atoms with Crippen LogP contribution in [0.5, 0.6) is 0 Å². The van der Waals surface area contributed by atoms with E-state index < -0.39 is 10.0 Å². The Morgan fingerprint density at radius 1 is 1.00 bits per heavy atom. The second-order valence-corrected chi connectivity index (χ2v) is 9.24. The maximum atomic E-state index is 13.8. The number of hydrogen-bond donors (Lipinski definition) is 0. The van der Waals surface area contributed by atoms with Gasteiger partial charge in [-0.2, -0.15) is 0 Å². The van der Waals surface area contributed by atoms with Crippen LogP contribution in [-0.2, 0) is 29.9 Å².